The second kappa shape index (κ2) is 3.19. The molecule has 1 aromatic rings. The molecule has 0 fully saturated rings. The molecule has 1 amide bonds. The Balaban J connectivity index is 2.85. The van der Waals surface area contributed by atoms with Gasteiger partial charge in [-0.1, -0.05) is 24.3 Å². The molecule has 2 nitrogen and oxygen atoms in total. The van der Waals surface area contributed by atoms with Crippen LogP contribution in [0.5, 0.6) is 0 Å². The maximum absolute atomic E-state index is 10.7. The van der Waals surface area contributed by atoms with Crippen LogP contribution in [0.2, 0.25) is 0 Å². The van der Waals surface area contributed by atoms with Gasteiger partial charge in [-0.05, 0) is 18.6 Å². The number of amides is 1. The van der Waals surface area contributed by atoms with Gasteiger partial charge >= 0.3 is 0 Å². The number of benzene rings is 1. The van der Waals surface area contributed by atoms with E-state index in [0.717, 1.165) is 5.56 Å². The zero-order valence-corrected chi connectivity index (χ0v) is 6.37. The Morgan fingerprint density at radius 2 is 2.45 bits per heavy atom. The minimum absolute atomic E-state index is 0.215. The summed E-state index contributed by atoms with van der Waals surface area (Å²) in [5.41, 5.74) is 6.03. The summed E-state index contributed by atoms with van der Waals surface area (Å²) in [6.45, 7) is 1.78. The highest BCUT2D eigenvalue weighted by atomic mass is 16.1. The smallest absolute Gasteiger partial charge is 0.224 e. The van der Waals surface area contributed by atoms with Gasteiger partial charge in [-0.15, -0.1) is 0 Å². The van der Waals surface area contributed by atoms with Gasteiger partial charge in [-0.25, -0.2) is 0 Å². The summed E-state index contributed by atoms with van der Waals surface area (Å²) in [4.78, 5) is 10.7. The van der Waals surface area contributed by atoms with Crippen LogP contribution in [-0.4, -0.2) is 5.91 Å². The number of rotatable bonds is 2. The summed E-state index contributed by atoms with van der Waals surface area (Å²) in [7, 11) is 0. The van der Waals surface area contributed by atoms with Crippen LogP contribution < -0.4 is 5.73 Å². The molecule has 1 rings (SSSR count). The second-order valence-corrected chi connectivity index (χ2v) is 2.46. The van der Waals surface area contributed by atoms with Crippen LogP contribution in [0, 0.1) is 6.07 Å². The largest absolute Gasteiger partial charge is 0.369 e. The number of hydrogen-bond acceptors (Lipinski definition) is 1. The molecule has 0 heterocycles. The molecule has 2 N–H and O–H groups in total. The van der Waals surface area contributed by atoms with Gasteiger partial charge in [0.2, 0.25) is 5.91 Å². The monoisotopic (exact) mass is 148 g/mol. The van der Waals surface area contributed by atoms with E-state index in [1.807, 2.05) is 12.1 Å². The van der Waals surface area contributed by atoms with Crippen LogP contribution in [-0.2, 0) is 4.79 Å². The molecule has 0 aliphatic carbocycles. The topological polar surface area (TPSA) is 43.1 Å². The molecule has 0 spiro atoms. The highest BCUT2D eigenvalue weighted by Gasteiger charge is 2.09. The predicted molar refractivity (Wildman–Crippen MR) is 42.9 cm³/mol. The Hall–Kier alpha value is -1.31. The van der Waals surface area contributed by atoms with Gasteiger partial charge < -0.3 is 5.73 Å². The Morgan fingerprint density at radius 1 is 1.73 bits per heavy atom. The summed E-state index contributed by atoms with van der Waals surface area (Å²) in [6.07, 6.45) is 0. The molecular weight excluding hydrogens is 138 g/mol. The lowest BCUT2D eigenvalue weighted by atomic mass is 10.0. The zero-order valence-electron chi connectivity index (χ0n) is 6.37. The molecule has 0 aromatic heterocycles. The Bertz CT molecular complexity index is 243. The third kappa shape index (κ3) is 1.80. The van der Waals surface area contributed by atoms with Crippen molar-refractivity contribution in [2.45, 2.75) is 12.8 Å². The lowest BCUT2D eigenvalue weighted by Crippen LogP contribution is -2.18. The van der Waals surface area contributed by atoms with Gasteiger partial charge in [0.15, 0.2) is 0 Å². The van der Waals surface area contributed by atoms with Crippen LogP contribution in [0.3, 0.4) is 0 Å². The fraction of sp³-hybridized carbons (Fsp3) is 0.222. The van der Waals surface area contributed by atoms with Gasteiger partial charge in [0.25, 0.3) is 0 Å². The Labute approximate surface area is 66.0 Å². The minimum atomic E-state index is -0.301. The van der Waals surface area contributed by atoms with Crippen molar-refractivity contribution in [2.75, 3.05) is 0 Å². The number of primary amides is 1. The molecular formula is C9H10NO. The molecule has 0 aliphatic rings. The van der Waals surface area contributed by atoms with Crippen molar-refractivity contribution in [1.82, 2.24) is 0 Å². The Kier molecular flexibility index (Phi) is 2.26. The van der Waals surface area contributed by atoms with E-state index in [1.165, 1.54) is 0 Å². The van der Waals surface area contributed by atoms with Crippen molar-refractivity contribution in [3.63, 3.8) is 0 Å². The predicted octanol–water partition coefficient (Wildman–Crippen LogP) is 1.08. The van der Waals surface area contributed by atoms with Crippen LogP contribution in [0.25, 0.3) is 0 Å². The maximum atomic E-state index is 10.7. The molecule has 0 saturated heterocycles. The van der Waals surface area contributed by atoms with Crippen LogP contribution in [0.15, 0.2) is 24.3 Å². The van der Waals surface area contributed by atoms with Crippen molar-refractivity contribution >= 4 is 5.91 Å². The van der Waals surface area contributed by atoms with E-state index < -0.39 is 0 Å². The van der Waals surface area contributed by atoms with Crippen molar-refractivity contribution < 1.29 is 4.79 Å². The summed E-state index contributed by atoms with van der Waals surface area (Å²) < 4.78 is 0. The molecule has 1 atom stereocenters. The molecule has 57 valence electrons. The first kappa shape index (κ1) is 7.79. The molecule has 1 unspecified atom stereocenters. The number of carbonyl (C=O) groups excluding carboxylic acids is 1. The SMILES string of the molecule is CC(C(N)=O)c1c[c]ccc1. The fourth-order valence-corrected chi connectivity index (χ4v) is 0.841. The van der Waals surface area contributed by atoms with Crippen LogP contribution in [0.4, 0.5) is 0 Å². The first-order valence-corrected chi connectivity index (χ1v) is 3.47. The molecule has 11 heavy (non-hydrogen) atoms. The van der Waals surface area contributed by atoms with Crippen molar-refractivity contribution in [1.29, 1.82) is 0 Å². The summed E-state index contributed by atoms with van der Waals surface area (Å²) in [5.74, 6) is -0.517. The molecule has 0 bridgehead atoms. The molecule has 0 aliphatic heterocycles. The van der Waals surface area contributed by atoms with Gasteiger partial charge in [-0.2, -0.15) is 0 Å². The van der Waals surface area contributed by atoms with Gasteiger partial charge in [-0.3, -0.25) is 4.79 Å². The quantitative estimate of drug-likeness (QED) is 0.670. The number of nitrogens with two attached hydrogens (primary N) is 1. The van der Waals surface area contributed by atoms with Crippen LogP contribution in [0.1, 0.15) is 18.4 Å². The van der Waals surface area contributed by atoms with Gasteiger partial charge in [0.05, 0.1) is 5.92 Å². The van der Waals surface area contributed by atoms with E-state index in [-0.39, 0.29) is 11.8 Å². The third-order valence-electron chi connectivity index (χ3n) is 1.66. The maximum Gasteiger partial charge on any atom is 0.224 e. The summed E-state index contributed by atoms with van der Waals surface area (Å²) >= 11 is 0. The van der Waals surface area contributed by atoms with Crippen molar-refractivity contribution in [3.05, 3.63) is 35.9 Å². The van der Waals surface area contributed by atoms with E-state index in [0.29, 0.717) is 0 Å². The minimum Gasteiger partial charge on any atom is -0.369 e. The summed E-state index contributed by atoms with van der Waals surface area (Å²) in [6, 6.07) is 10.2. The Morgan fingerprint density at radius 3 is 2.91 bits per heavy atom. The molecule has 0 saturated carbocycles. The van der Waals surface area contributed by atoms with Crippen molar-refractivity contribution in [3.8, 4) is 0 Å². The van der Waals surface area contributed by atoms with E-state index in [1.54, 1.807) is 19.1 Å². The summed E-state index contributed by atoms with van der Waals surface area (Å²) in [5, 5.41) is 0. The second-order valence-electron chi connectivity index (χ2n) is 2.46. The van der Waals surface area contributed by atoms with Crippen molar-refractivity contribution in [2.24, 2.45) is 5.73 Å². The standard InChI is InChI=1S/C9H10NO/c1-7(9(10)11)8-5-3-2-4-6-8/h2-3,5-7H,1H3,(H2,10,11). The normalized spacial score (nSPS) is 12.5. The van der Waals surface area contributed by atoms with E-state index in [2.05, 4.69) is 6.07 Å². The first-order valence-electron chi connectivity index (χ1n) is 3.47. The molecule has 2 heteroatoms. The lowest BCUT2D eigenvalue weighted by Gasteiger charge is -2.05. The number of hydrogen-bond donors (Lipinski definition) is 1. The highest BCUT2D eigenvalue weighted by molar-refractivity contribution is 5.81. The van der Waals surface area contributed by atoms with E-state index >= 15 is 0 Å². The number of carbonyl (C=O) groups is 1. The average molecular weight is 148 g/mol. The average Bonchev–Trinajstić information content (AvgIpc) is 2.05. The van der Waals surface area contributed by atoms with Crippen LogP contribution >= 0.6 is 0 Å². The molecule has 1 aromatic carbocycles. The molecule has 1 radical (unpaired) electrons. The first-order chi connectivity index (χ1) is 5.22. The van der Waals surface area contributed by atoms with E-state index in [9.17, 15) is 4.79 Å². The lowest BCUT2D eigenvalue weighted by molar-refractivity contribution is -0.119. The third-order valence-corrected chi connectivity index (χ3v) is 1.66. The highest BCUT2D eigenvalue weighted by Crippen LogP contribution is 2.12. The van der Waals surface area contributed by atoms with E-state index in [4.69, 9.17) is 5.73 Å². The zero-order chi connectivity index (χ0) is 8.27. The van der Waals surface area contributed by atoms with Gasteiger partial charge in [0.1, 0.15) is 0 Å². The van der Waals surface area contributed by atoms with Gasteiger partial charge in [0, 0.05) is 0 Å². The fourth-order valence-electron chi connectivity index (χ4n) is 0.841.